The summed E-state index contributed by atoms with van der Waals surface area (Å²) in [6.07, 6.45) is 3.71. The van der Waals surface area contributed by atoms with Gasteiger partial charge in [0.15, 0.2) is 0 Å². The van der Waals surface area contributed by atoms with E-state index in [4.69, 9.17) is 11.5 Å². The first-order valence-corrected chi connectivity index (χ1v) is 3.30. The van der Waals surface area contributed by atoms with Gasteiger partial charge in [0.25, 0.3) is 0 Å². The minimum absolute atomic E-state index is 0. The Labute approximate surface area is 74.5 Å². The Kier molecular flexibility index (Phi) is 8.17. The van der Waals surface area contributed by atoms with Gasteiger partial charge in [0, 0.05) is 6.04 Å². The zero-order valence-electron chi connectivity index (χ0n) is 5.95. The normalized spacial score (nSPS) is 30.6. The standard InChI is InChI=1S/C6H14N2.2ClH/c7-4-5-2-1-3-6(5)8;;/h5-6H,1-4,7-8H2;2*1H. The van der Waals surface area contributed by atoms with Gasteiger partial charge in [-0.05, 0) is 25.3 Å². The van der Waals surface area contributed by atoms with E-state index >= 15 is 0 Å². The Balaban J connectivity index is 0. The molecule has 0 bridgehead atoms. The van der Waals surface area contributed by atoms with E-state index in [1.165, 1.54) is 19.3 Å². The molecule has 0 amide bonds. The molecule has 1 saturated carbocycles. The number of rotatable bonds is 1. The fraction of sp³-hybridized carbons (Fsp3) is 1.00. The van der Waals surface area contributed by atoms with Crippen molar-refractivity contribution in [3.8, 4) is 0 Å². The van der Waals surface area contributed by atoms with Crippen molar-refractivity contribution < 1.29 is 0 Å². The highest BCUT2D eigenvalue weighted by molar-refractivity contribution is 5.85. The summed E-state index contributed by atoms with van der Waals surface area (Å²) in [5.41, 5.74) is 11.2. The van der Waals surface area contributed by atoms with Crippen molar-refractivity contribution in [3.05, 3.63) is 0 Å². The third kappa shape index (κ3) is 3.06. The molecule has 1 fully saturated rings. The van der Waals surface area contributed by atoms with Gasteiger partial charge in [-0.2, -0.15) is 0 Å². The monoisotopic (exact) mass is 186 g/mol. The third-order valence-electron chi connectivity index (χ3n) is 2.02. The van der Waals surface area contributed by atoms with E-state index < -0.39 is 0 Å². The van der Waals surface area contributed by atoms with Crippen LogP contribution in [0.25, 0.3) is 0 Å². The number of hydrogen-bond donors (Lipinski definition) is 2. The van der Waals surface area contributed by atoms with Gasteiger partial charge in [0.05, 0.1) is 0 Å². The van der Waals surface area contributed by atoms with Gasteiger partial charge in [-0.25, -0.2) is 0 Å². The van der Waals surface area contributed by atoms with Crippen LogP contribution in [-0.2, 0) is 0 Å². The lowest BCUT2D eigenvalue weighted by molar-refractivity contribution is 0.492. The molecule has 0 aromatic carbocycles. The van der Waals surface area contributed by atoms with Gasteiger partial charge < -0.3 is 11.5 Å². The van der Waals surface area contributed by atoms with E-state index in [0.29, 0.717) is 12.0 Å². The summed E-state index contributed by atoms with van der Waals surface area (Å²) in [6, 6.07) is 0.403. The summed E-state index contributed by atoms with van der Waals surface area (Å²) in [5.74, 6) is 0.620. The average Bonchev–Trinajstić information content (AvgIpc) is 2.14. The van der Waals surface area contributed by atoms with Crippen LogP contribution < -0.4 is 11.5 Å². The van der Waals surface area contributed by atoms with Crippen LogP contribution in [0.2, 0.25) is 0 Å². The molecule has 0 aliphatic heterocycles. The Morgan fingerprint density at radius 3 is 2.00 bits per heavy atom. The molecule has 1 aliphatic carbocycles. The second-order valence-electron chi connectivity index (χ2n) is 2.59. The van der Waals surface area contributed by atoms with Crippen LogP contribution in [0.3, 0.4) is 0 Å². The Hall–Kier alpha value is 0.500. The maximum atomic E-state index is 5.71. The second-order valence-corrected chi connectivity index (χ2v) is 2.59. The Morgan fingerprint density at radius 1 is 1.20 bits per heavy atom. The Morgan fingerprint density at radius 2 is 1.80 bits per heavy atom. The highest BCUT2D eigenvalue weighted by atomic mass is 35.5. The Bertz CT molecular complexity index is 80.1. The quantitative estimate of drug-likeness (QED) is 0.641. The zero-order valence-corrected chi connectivity index (χ0v) is 7.59. The summed E-state index contributed by atoms with van der Waals surface area (Å²) < 4.78 is 0. The first-order chi connectivity index (χ1) is 3.84. The summed E-state index contributed by atoms with van der Waals surface area (Å²) in [5, 5.41) is 0. The number of hydrogen-bond acceptors (Lipinski definition) is 2. The molecule has 0 aromatic heterocycles. The fourth-order valence-corrected chi connectivity index (χ4v) is 1.36. The van der Waals surface area contributed by atoms with Gasteiger partial charge in [-0.15, -0.1) is 24.8 Å². The van der Waals surface area contributed by atoms with Gasteiger partial charge in [0.1, 0.15) is 0 Å². The van der Waals surface area contributed by atoms with Crippen molar-refractivity contribution in [2.24, 2.45) is 17.4 Å². The summed E-state index contributed by atoms with van der Waals surface area (Å²) in [4.78, 5) is 0. The minimum atomic E-state index is 0. The van der Waals surface area contributed by atoms with E-state index in [2.05, 4.69) is 0 Å². The maximum absolute atomic E-state index is 5.71. The molecular weight excluding hydrogens is 171 g/mol. The first-order valence-electron chi connectivity index (χ1n) is 3.30. The molecule has 10 heavy (non-hydrogen) atoms. The molecule has 0 heterocycles. The number of halogens is 2. The minimum Gasteiger partial charge on any atom is -0.330 e. The molecule has 0 spiro atoms. The van der Waals surface area contributed by atoms with Gasteiger partial charge in [-0.1, -0.05) is 6.42 Å². The van der Waals surface area contributed by atoms with Crippen LogP contribution in [-0.4, -0.2) is 12.6 Å². The van der Waals surface area contributed by atoms with Crippen LogP contribution in [0, 0.1) is 5.92 Å². The highest BCUT2D eigenvalue weighted by Gasteiger charge is 2.21. The van der Waals surface area contributed by atoms with E-state index in [1.54, 1.807) is 0 Å². The van der Waals surface area contributed by atoms with Crippen molar-refractivity contribution in [1.29, 1.82) is 0 Å². The molecule has 0 saturated heterocycles. The molecule has 4 N–H and O–H groups in total. The van der Waals surface area contributed by atoms with Crippen molar-refractivity contribution in [1.82, 2.24) is 0 Å². The lowest BCUT2D eigenvalue weighted by atomic mass is 10.1. The van der Waals surface area contributed by atoms with Gasteiger partial charge in [-0.3, -0.25) is 0 Å². The molecule has 0 aromatic rings. The molecule has 1 rings (SSSR count). The molecule has 64 valence electrons. The van der Waals surface area contributed by atoms with Crippen molar-refractivity contribution in [2.45, 2.75) is 25.3 Å². The molecule has 4 heteroatoms. The predicted octanol–water partition coefficient (Wildman–Crippen LogP) is 0.916. The molecule has 2 atom stereocenters. The largest absolute Gasteiger partial charge is 0.330 e. The fourth-order valence-electron chi connectivity index (χ4n) is 1.36. The molecule has 0 radical (unpaired) electrons. The summed E-state index contributed by atoms with van der Waals surface area (Å²) in [6.45, 7) is 0.779. The van der Waals surface area contributed by atoms with Crippen molar-refractivity contribution >= 4 is 24.8 Å². The van der Waals surface area contributed by atoms with E-state index in [9.17, 15) is 0 Å². The smallest absolute Gasteiger partial charge is 0.00792 e. The summed E-state index contributed by atoms with van der Waals surface area (Å²) >= 11 is 0. The van der Waals surface area contributed by atoms with Crippen LogP contribution in [0.4, 0.5) is 0 Å². The molecule has 1 aliphatic rings. The van der Waals surface area contributed by atoms with Gasteiger partial charge >= 0.3 is 0 Å². The number of nitrogens with two attached hydrogens (primary N) is 2. The summed E-state index contributed by atoms with van der Waals surface area (Å²) in [7, 11) is 0. The zero-order chi connectivity index (χ0) is 5.98. The van der Waals surface area contributed by atoms with Crippen molar-refractivity contribution in [2.75, 3.05) is 6.54 Å². The second kappa shape index (κ2) is 6.23. The topological polar surface area (TPSA) is 52.0 Å². The van der Waals surface area contributed by atoms with Crippen LogP contribution >= 0.6 is 24.8 Å². The molecular formula is C6H16Cl2N2. The average molecular weight is 187 g/mol. The lowest BCUT2D eigenvalue weighted by Gasteiger charge is -2.10. The molecule has 2 nitrogen and oxygen atoms in total. The first kappa shape index (κ1) is 13.1. The third-order valence-corrected chi connectivity index (χ3v) is 2.02. The van der Waals surface area contributed by atoms with Crippen LogP contribution in [0.5, 0.6) is 0 Å². The van der Waals surface area contributed by atoms with E-state index in [0.717, 1.165) is 6.54 Å². The lowest BCUT2D eigenvalue weighted by Crippen LogP contribution is -2.29. The highest BCUT2D eigenvalue weighted by Crippen LogP contribution is 2.22. The predicted molar refractivity (Wildman–Crippen MR) is 48.9 cm³/mol. The van der Waals surface area contributed by atoms with Crippen LogP contribution in [0.1, 0.15) is 19.3 Å². The van der Waals surface area contributed by atoms with E-state index in [-0.39, 0.29) is 24.8 Å². The van der Waals surface area contributed by atoms with Crippen molar-refractivity contribution in [3.63, 3.8) is 0 Å². The van der Waals surface area contributed by atoms with Crippen LogP contribution in [0.15, 0.2) is 0 Å². The van der Waals surface area contributed by atoms with Gasteiger partial charge in [0.2, 0.25) is 0 Å². The molecule has 2 unspecified atom stereocenters. The SMILES string of the molecule is Cl.Cl.NCC1CCCC1N. The van der Waals surface area contributed by atoms with E-state index in [1.807, 2.05) is 0 Å². The maximum Gasteiger partial charge on any atom is 0.00792 e.